The molecule has 0 saturated carbocycles. The van der Waals surface area contributed by atoms with Crippen molar-refractivity contribution in [2.45, 2.75) is 6.61 Å². The molecule has 0 bridgehead atoms. The van der Waals surface area contributed by atoms with Crippen molar-refractivity contribution in [2.24, 2.45) is 5.10 Å². The summed E-state index contributed by atoms with van der Waals surface area (Å²) in [6.45, 7) is 0.235. The number of carbonyl (C=O) groups is 1. The van der Waals surface area contributed by atoms with Crippen LogP contribution in [0, 0.1) is 0 Å². The van der Waals surface area contributed by atoms with Gasteiger partial charge in [-0.1, -0.05) is 65.7 Å². The maximum Gasteiger partial charge on any atom is 0.277 e. The Morgan fingerprint density at radius 1 is 0.966 bits per heavy atom. The normalized spacial score (nSPS) is 10.7. The second kappa shape index (κ2) is 10.5. The van der Waals surface area contributed by atoms with Gasteiger partial charge in [0.1, 0.15) is 18.1 Å². The van der Waals surface area contributed by atoms with Gasteiger partial charge in [0.15, 0.2) is 6.61 Å². The highest BCUT2D eigenvalue weighted by Gasteiger charge is 2.06. The first-order valence-electron chi connectivity index (χ1n) is 8.77. The van der Waals surface area contributed by atoms with E-state index in [-0.39, 0.29) is 6.61 Å². The van der Waals surface area contributed by atoms with Crippen LogP contribution in [-0.2, 0) is 11.4 Å². The lowest BCUT2D eigenvalue weighted by Crippen LogP contribution is -2.24. The number of nitrogens with zero attached hydrogens (tertiary/aromatic N) is 1. The number of hydrogen-bond acceptors (Lipinski definition) is 4. The smallest absolute Gasteiger partial charge is 0.277 e. The van der Waals surface area contributed by atoms with Crippen molar-refractivity contribution in [1.82, 2.24) is 5.43 Å². The number of rotatable bonds is 8. The van der Waals surface area contributed by atoms with Crippen molar-refractivity contribution < 1.29 is 14.3 Å². The highest BCUT2D eigenvalue weighted by molar-refractivity contribution is 6.34. The van der Waals surface area contributed by atoms with Crippen LogP contribution in [0.2, 0.25) is 10.0 Å². The zero-order valence-electron chi connectivity index (χ0n) is 15.3. The summed E-state index contributed by atoms with van der Waals surface area (Å²) in [6.07, 6.45) is 1.53. The number of nitrogens with one attached hydrogen (secondary N) is 1. The van der Waals surface area contributed by atoms with E-state index in [1.807, 2.05) is 54.6 Å². The Labute approximate surface area is 178 Å². The van der Waals surface area contributed by atoms with Gasteiger partial charge in [-0.05, 0) is 35.4 Å². The van der Waals surface area contributed by atoms with Gasteiger partial charge in [0.05, 0.1) is 11.2 Å². The average Bonchev–Trinajstić information content (AvgIpc) is 2.74. The number of benzene rings is 3. The SMILES string of the molecule is O=C(COc1cc(Cl)ccc1Cl)NN=Cc1cccc(OCc2ccccc2)c1. The predicted octanol–water partition coefficient (Wildman–Crippen LogP) is 5.10. The molecule has 0 aliphatic rings. The second-order valence-electron chi connectivity index (χ2n) is 6.00. The van der Waals surface area contributed by atoms with E-state index in [1.165, 1.54) is 6.21 Å². The van der Waals surface area contributed by atoms with Gasteiger partial charge < -0.3 is 9.47 Å². The van der Waals surface area contributed by atoms with E-state index in [9.17, 15) is 4.79 Å². The molecule has 3 aromatic carbocycles. The topological polar surface area (TPSA) is 59.9 Å². The second-order valence-corrected chi connectivity index (χ2v) is 6.85. The summed E-state index contributed by atoms with van der Waals surface area (Å²) in [5.74, 6) is 0.624. The number of amides is 1. The largest absolute Gasteiger partial charge is 0.489 e. The summed E-state index contributed by atoms with van der Waals surface area (Å²) in [5.41, 5.74) is 4.27. The van der Waals surface area contributed by atoms with Crippen LogP contribution in [0.5, 0.6) is 11.5 Å². The van der Waals surface area contributed by atoms with Crippen LogP contribution in [0.3, 0.4) is 0 Å². The Kier molecular flexibility index (Phi) is 7.50. The van der Waals surface area contributed by atoms with Crippen molar-refractivity contribution >= 4 is 35.3 Å². The molecule has 0 heterocycles. The lowest BCUT2D eigenvalue weighted by molar-refractivity contribution is -0.123. The summed E-state index contributed by atoms with van der Waals surface area (Å²) >= 11 is 11.9. The summed E-state index contributed by atoms with van der Waals surface area (Å²) in [7, 11) is 0. The summed E-state index contributed by atoms with van der Waals surface area (Å²) in [5, 5.41) is 4.78. The monoisotopic (exact) mass is 428 g/mol. The van der Waals surface area contributed by atoms with Gasteiger partial charge in [-0.2, -0.15) is 5.10 Å². The van der Waals surface area contributed by atoms with Crippen LogP contribution < -0.4 is 14.9 Å². The van der Waals surface area contributed by atoms with Crippen LogP contribution in [0.4, 0.5) is 0 Å². The van der Waals surface area contributed by atoms with Gasteiger partial charge in [-0.15, -0.1) is 0 Å². The Morgan fingerprint density at radius 2 is 1.79 bits per heavy atom. The van der Waals surface area contributed by atoms with Gasteiger partial charge in [0.2, 0.25) is 0 Å². The fourth-order valence-corrected chi connectivity index (χ4v) is 2.70. The molecule has 1 amide bonds. The van der Waals surface area contributed by atoms with E-state index in [0.717, 1.165) is 11.1 Å². The first-order chi connectivity index (χ1) is 14.1. The molecular formula is C22H18Cl2N2O3. The third kappa shape index (κ3) is 6.82. The van der Waals surface area contributed by atoms with Crippen LogP contribution in [0.1, 0.15) is 11.1 Å². The molecule has 5 nitrogen and oxygen atoms in total. The van der Waals surface area contributed by atoms with Crippen molar-refractivity contribution in [3.8, 4) is 11.5 Å². The standard InChI is InChI=1S/C22H18Cl2N2O3/c23-18-9-10-20(24)21(12-18)29-15-22(27)26-25-13-17-7-4-8-19(11-17)28-14-16-5-2-1-3-6-16/h1-13H,14-15H2,(H,26,27). The van der Waals surface area contributed by atoms with E-state index in [1.54, 1.807) is 18.2 Å². The van der Waals surface area contributed by atoms with Gasteiger partial charge >= 0.3 is 0 Å². The molecule has 3 aromatic rings. The van der Waals surface area contributed by atoms with E-state index in [2.05, 4.69) is 10.5 Å². The van der Waals surface area contributed by atoms with E-state index >= 15 is 0 Å². The molecule has 29 heavy (non-hydrogen) atoms. The van der Waals surface area contributed by atoms with Crippen molar-refractivity contribution in [2.75, 3.05) is 6.61 Å². The minimum absolute atomic E-state index is 0.238. The number of halogens is 2. The molecule has 3 rings (SSSR count). The lowest BCUT2D eigenvalue weighted by Gasteiger charge is -2.07. The van der Waals surface area contributed by atoms with Crippen molar-refractivity contribution in [3.63, 3.8) is 0 Å². The number of hydrazone groups is 1. The molecule has 0 atom stereocenters. The summed E-state index contributed by atoms with van der Waals surface area (Å²) < 4.78 is 11.1. The molecule has 0 fully saturated rings. The molecular weight excluding hydrogens is 411 g/mol. The molecule has 0 aliphatic carbocycles. The fourth-order valence-electron chi connectivity index (χ4n) is 2.37. The van der Waals surface area contributed by atoms with Crippen LogP contribution in [0.25, 0.3) is 0 Å². The average molecular weight is 429 g/mol. The minimum atomic E-state index is -0.422. The summed E-state index contributed by atoms with van der Waals surface area (Å²) in [6, 6.07) is 22.1. The molecule has 148 valence electrons. The third-order valence-corrected chi connectivity index (χ3v) is 4.31. The van der Waals surface area contributed by atoms with Gasteiger partial charge in [0, 0.05) is 11.1 Å². The highest BCUT2D eigenvalue weighted by Crippen LogP contribution is 2.27. The maximum absolute atomic E-state index is 11.9. The molecule has 7 heteroatoms. The third-order valence-electron chi connectivity index (χ3n) is 3.76. The van der Waals surface area contributed by atoms with E-state index in [4.69, 9.17) is 32.7 Å². The lowest BCUT2D eigenvalue weighted by atomic mass is 10.2. The van der Waals surface area contributed by atoms with Crippen LogP contribution >= 0.6 is 23.2 Å². The fraction of sp³-hybridized carbons (Fsp3) is 0.0909. The maximum atomic E-state index is 11.9. The van der Waals surface area contributed by atoms with Gasteiger partial charge in [-0.25, -0.2) is 5.43 Å². The first kappa shape index (κ1) is 20.7. The molecule has 0 radical (unpaired) electrons. The summed E-state index contributed by atoms with van der Waals surface area (Å²) in [4.78, 5) is 11.9. The quantitative estimate of drug-likeness (QED) is 0.400. The van der Waals surface area contributed by atoms with E-state index < -0.39 is 5.91 Å². The molecule has 0 saturated heterocycles. The predicted molar refractivity (Wildman–Crippen MR) is 115 cm³/mol. The van der Waals surface area contributed by atoms with E-state index in [0.29, 0.717) is 28.2 Å². The van der Waals surface area contributed by atoms with Crippen molar-refractivity contribution in [1.29, 1.82) is 0 Å². The first-order valence-corrected chi connectivity index (χ1v) is 9.52. The Bertz CT molecular complexity index is 994. The van der Waals surface area contributed by atoms with Crippen LogP contribution in [-0.4, -0.2) is 18.7 Å². The Morgan fingerprint density at radius 3 is 2.62 bits per heavy atom. The van der Waals surface area contributed by atoms with Gasteiger partial charge in [-0.3, -0.25) is 4.79 Å². The highest BCUT2D eigenvalue weighted by atomic mass is 35.5. The Balaban J connectivity index is 1.48. The molecule has 0 spiro atoms. The molecule has 0 aromatic heterocycles. The number of ether oxygens (including phenoxy) is 2. The molecule has 1 N–H and O–H groups in total. The molecule has 0 unspecified atom stereocenters. The van der Waals surface area contributed by atoms with Gasteiger partial charge in [0.25, 0.3) is 5.91 Å². The number of hydrogen-bond donors (Lipinski definition) is 1. The minimum Gasteiger partial charge on any atom is -0.489 e. The Hall–Kier alpha value is -3.02. The number of carbonyl (C=O) groups excluding carboxylic acids is 1. The zero-order valence-corrected chi connectivity index (χ0v) is 16.9. The van der Waals surface area contributed by atoms with Crippen molar-refractivity contribution in [3.05, 3.63) is 94.0 Å². The zero-order chi connectivity index (χ0) is 20.5. The van der Waals surface area contributed by atoms with Crippen LogP contribution in [0.15, 0.2) is 77.9 Å². The molecule has 0 aliphatic heterocycles.